The van der Waals surface area contributed by atoms with Crippen LogP contribution in [0.2, 0.25) is 0 Å². The monoisotopic (exact) mass is 340 g/mol. The molecule has 4 rings (SSSR count). The summed E-state index contributed by atoms with van der Waals surface area (Å²) in [6.45, 7) is 0. The predicted octanol–water partition coefficient (Wildman–Crippen LogP) is 3.00. The van der Waals surface area contributed by atoms with Gasteiger partial charge in [0.25, 0.3) is 0 Å². The Kier molecular flexibility index (Phi) is 3.53. The van der Waals surface area contributed by atoms with Crippen molar-refractivity contribution < 1.29 is 23.1 Å². The van der Waals surface area contributed by atoms with Gasteiger partial charge in [0.15, 0.2) is 0 Å². The van der Waals surface area contributed by atoms with Gasteiger partial charge in [-0.1, -0.05) is 24.3 Å². The van der Waals surface area contributed by atoms with Crippen molar-refractivity contribution in [2.75, 3.05) is 7.11 Å². The van der Waals surface area contributed by atoms with Gasteiger partial charge in [-0.25, -0.2) is 14.0 Å². The molecule has 0 fully saturated rings. The molecule has 0 bridgehead atoms. The van der Waals surface area contributed by atoms with Crippen molar-refractivity contribution >= 4 is 16.9 Å². The molecule has 1 aromatic heterocycles. The number of hydrogen-bond donors (Lipinski definition) is 0. The largest absolute Gasteiger partial charge is 0.476 e. The van der Waals surface area contributed by atoms with E-state index >= 15 is 0 Å². The summed E-state index contributed by atoms with van der Waals surface area (Å²) in [4.78, 5) is 24.8. The van der Waals surface area contributed by atoms with E-state index in [1.807, 2.05) is 0 Å². The van der Waals surface area contributed by atoms with E-state index < -0.39 is 29.4 Å². The number of methoxy groups -OCH3 is 1. The number of ether oxygens (including phenoxy) is 2. The second-order valence-electron chi connectivity index (χ2n) is 5.72. The van der Waals surface area contributed by atoms with E-state index in [4.69, 9.17) is 13.9 Å². The van der Waals surface area contributed by atoms with Crippen LogP contribution in [0.3, 0.4) is 0 Å². The number of carbonyl (C=O) groups excluding carboxylic acids is 1. The van der Waals surface area contributed by atoms with Crippen molar-refractivity contribution in [2.24, 2.45) is 0 Å². The van der Waals surface area contributed by atoms with Crippen LogP contribution in [0.1, 0.15) is 17.0 Å². The highest BCUT2D eigenvalue weighted by Crippen LogP contribution is 2.44. The zero-order valence-electron chi connectivity index (χ0n) is 13.2. The lowest BCUT2D eigenvalue weighted by Crippen LogP contribution is -2.31. The van der Waals surface area contributed by atoms with Crippen molar-refractivity contribution in [1.82, 2.24) is 0 Å². The van der Waals surface area contributed by atoms with Gasteiger partial charge in [0.05, 0.1) is 24.0 Å². The molecular formula is C19H13FO5. The minimum atomic E-state index is -1.04. The number of fused-ring (bicyclic) bond motifs is 3. The molecule has 0 aliphatic carbocycles. The Balaban J connectivity index is 1.98. The van der Waals surface area contributed by atoms with Crippen LogP contribution in [-0.2, 0) is 9.53 Å². The number of carbonyl (C=O) groups is 1. The van der Waals surface area contributed by atoms with Gasteiger partial charge in [0.2, 0.25) is 6.10 Å². The Bertz CT molecular complexity index is 1020. The minimum absolute atomic E-state index is 0.237. The predicted molar refractivity (Wildman–Crippen MR) is 87.2 cm³/mol. The Labute approximate surface area is 141 Å². The molecule has 0 radical (unpaired) electrons. The maximum Gasteiger partial charge on any atom is 0.348 e. The quantitative estimate of drug-likeness (QED) is 0.530. The Morgan fingerprint density at radius 1 is 1.12 bits per heavy atom. The molecule has 0 spiro atoms. The summed E-state index contributed by atoms with van der Waals surface area (Å²) in [7, 11) is 1.25. The lowest BCUT2D eigenvalue weighted by molar-refractivity contribution is -0.148. The molecule has 0 N–H and O–H groups in total. The van der Waals surface area contributed by atoms with Crippen LogP contribution in [0.15, 0.2) is 57.7 Å². The normalized spacial score (nSPS) is 18.6. The smallest absolute Gasteiger partial charge is 0.348 e. The van der Waals surface area contributed by atoms with E-state index in [-0.39, 0.29) is 5.56 Å². The number of para-hydroxylation sites is 1. The summed E-state index contributed by atoms with van der Waals surface area (Å²) in [6, 6.07) is 12.5. The summed E-state index contributed by atoms with van der Waals surface area (Å²) >= 11 is 0. The fourth-order valence-electron chi connectivity index (χ4n) is 3.19. The zero-order chi connectivity index (χ0) is 17.6. The summed E-state index contributed by atoms with van der Waals surface area (Å²) < 4.78 is 29.3. The van der Waals surface area contributed by atoms with Gasteiger partial charge in [-0.2, -0.15) is 0 Å². The first-order chi connectivity index (χ1) is 12.1. The van der Waals surface area contributed by atoms with E-state index in [2.05, 4.69) is 0 Å². The average molecular weight is 340 g/mol. The second-order valence-corrected chi connectivity index (χ2v) is 5.72. The summed E-state index contributed by atoms with van der Waals surface area (Å²) in [6.07, 6.45) is -1.04. The molecule has 25 heavy (non-hydrogen) atoms. The van der Waals surface area contributed by atoms with Gasteiger partial charge >= 0.3 is 11.6 Å². The second kappa shape index (κ2) is 5.73. The van der Waals surface area contributed by atoms with E-state index in [0.29, 0.717) is 22.3 Å². The highest BCUT2D eigenvalue weighted by Gasteiger charge is 2.44. The fraction of sp³-hybridized carbons (Fsp3) is 0.158. The molecule has 0 saturated carbocycles. The van der Waals surface area contributed by atoms with Crippen molar-refractivity contribution in [1.29, 1.82) is 0 Å². The molecule has 0 amide bonds. The molecule has 3 aromatic rings. The molecule has 2 unspecified atom stereocenters. The van der Waals surface area contributed by atoms with Crippen molar-refractivity contribution in [2.45, 2.75) is 12.0 Å². The van der Waals surface area contributed by atoms with Crippen molar-refractivity contribution in [3.05, 3.63) is 75.9 Å². The summed E-state index contributed by atoms with van der Waals surface area (Å²) in [5.41, 5.74) is 0.586. The Morgan fingerprint density at radius 2 is 1.84 bits per heavy atom. The number of rotatable bonds is 2. The number of benzene rings is 2. The van der Waals surface area contributed by atoms with Crippen LogP contribution in [-0.4, -0.2) is 19.2 Å². The highest BCUT2D eigenvalue weighted by molar-refractivity contribution is 5.88. The third kappa shape index (κ3) is 2.38. The molecule has 2 heterocycles. The van der Waals surface area contributed by atoms with Crippen molar-refractivity contribution in [3.8, 4) is 5.75 Å². The molecule has 2 atom stereocenters. The lowest BCUT2D eigenvalue weighted by atomic mass is 9.88. The number of esters is 1. The standard InChI is InChI=1S/C19H13FO5/c1-23-19(22)17-14(10-6-8-11(20)9-7-10)15-16(25-17)12-4-2-3-5-13(12)24-18(15)21/h2-9,14,17H,1H3. The van der Waals surface area contributed by atoms with Crippen LogP contribution >= 0.6 is 0 Å². The van der Waals surface area contributed by atoms with Crippen LogP contribution in [0.4, 0.5) is 4.39 Å². The van der Waals surface area contributed by atoms with E-state index in [1.165, 1.54) is 31.4 Å². The van der Waals surface area contributed by atoms with Crippen LogP contribution in [0.5, 0.6) is 5.75 Å². The van der Waals surface area contributed by atoms with E-state index in [0.717, 1.165) is 0 Å². The molecule has 6 heteroatoms. The zero-order valence-corrected chi connectivity index (χ0v) is 13.2. The van der Waals surface area contributed by atoms with Crippen LogP contribution in [0, 0.1) is 5.82 Å². The SMILES string of the molecule is COC(=O)C1Oc2c(c(=O)oc3ccccc23)C1c1ccc(F)cc1. The average Bonchev–Trinajstić information content (AvgIpc) is 3.03. The number of halogens is 1. The molecule has 0 saturated heterocycles. The third-order valence-corrected chi connectivity index (χ3v) is 4.32. The van der Waals surface area contributed by atoms with Gasteiger partial charge in [0, 0.05) is 0 Å². The summed E-state index contributed by atoms with van der Waals surface area (Å²) in [5.74, 6) is -1.46. The summed E-state index contributed by atoms with van der Waals surface area (Å²) in [5, 5.41) is 0.593. The maximum atomic E-state index is 13.3. The molecular weight excluding hydrogens is 327 g/mol. The Morgan fingerprint density at radius 3 is 2.56 bits per heavy atom. The van der Waals surface area contributed by atoms with Crippen LogP contribution in [0.25, 0.3) is 11.0 Å². The molecule has 1 aliphatic rings. The Hall–Kier alpha value is -3.15. The van der Waals surface area contributed by atoms with E-state index in [1.54, 1.807) is 24.3 Å². The van der Waals surface area contributed by atoms with Gasteiger partial charge < -0.3 is 13.9 Å². The molecule has 1 aliphatic heterocycles. The number of hydrogen-bond acceptors (Lipinski definition) is 5. The lowest BCUT2D eigenvalue weighted by Gasteiger charge is -2.16. The van der Waals surface area contributed by atoms with Gasteiger partial charge in [0.1, 0.15) is 17.1 Å². The highest BCUT2D eigenvalue weighted by atomic mass is 19.1. The molecule has 5 nitrogen and oxygen atoms in total. The van der Waals surface area contributed by atoms with E-state index in [9.17, 15) is 14.0 Å². The van der Waals surface area contributed by atoms with Crippen LogP contribution < -0.4 is 10.4 Å². The molecule has 2 aromatic carbocycles. The van der Waals surface area contributed by atoms with Gasteiger partial charge in [-0.15, -0.1) is 0 Å². The topological polar surface area (TPSA) is 65.7 Å². The van der Waals surface area contributed by atoms with Gasteiger partial charge in [-0.3, -0.25) is 0 Å². The first-order valence-electron chi connectivity index (χ1n) is 7.66. The minimum Gasteiger partial charge on any atom is -0.476 e. The first kappa shape index (κ1) is 15.4. The fourth-order valence-corrected chi connectivity index (χ4v) is 3.19. The molecule has 126 valence electrons. The van der Waals surface area contributed by atoms with Gasteiger partial charge in [-0.05, 0) is 29.8 Å². The third-order valence-electron chi connectivity index (χ3n) is 4.32. The first-order valence-corrected chi connectivity index (χ1v) is 7.66. The maximum absolute atomic E-state index is 13.3. The van der Waals surface area contributed by atoms with Crippen molar-refractivity contribution in [3.63, 3.8) is 0 Å².